The first-order valence-corrected chi connectivity index (χ1v) is 7.06. The van der Waals surface area contributed by atoms with Crippen molar-refractivity contribution in [3.8, 4) is 17.1 Å². The highest BCUT2D eigenvalue weighted by Crippen LogP contribution is 2.20. The molecule has 0 saturated heterocycles. The molecule has 0 atom stereocenters. The van der Waals surface area contributed by atoms with E-state index < -0.39 is 0 Å². The van der Waals surface area contributed by atoms with Crippen LogP contribution in [0.3, 0.4) is 0 Å². The minimum Gasteiger partial charge on any atom is -0.493 e. The van der Waals surface area contributed by atoms with Gasteiger partial charge in [-0.15, -0.1) is 0 Å². The van der Waals surface area contributed by atoms with E-state index >= 15 is 0 Å². The van der Waals surface area contributed by atoms with Crippen LogP contribution >= 0.6 is 0 Å². The highest BCUT2D eigenvalue weighted by atomic mass is 19.1. The Hall–Kier alpha value is -2.69. The molecule has 0 radical (unpaired) electrons. The number of rotatable bonds is 5. The lowest BCUT2D eigenvalue weighted by Gasteiger charge is -2.06. The number of alkyl halides is 1. The largest absolute Gasteiger partial charge is 0.493 e. The predicted molar refractivity (Wildman–Crippen MR) is 83.9 cm³/mol. The van der Waals surface area contributed by atoms with Gasteiger partial charge in [0.25, 0.3) is 5.56 Å². The van der Waals surface area contributed by atoms with Gasteiger partial charge < -0.3 is 9.72 Å². The lowest BCUT2D eigenvalue weighted by Crippen LogP contribution is -2.09. The van der Waals surface area contributed by atoms with E-state index in [1.54, 1.807) is 18.2 Å². The number of para-hydroxylation sites is 1. The molecule has 0 unspecified atom stereocenters. The van der Waals surface area contributed by atoms with E-state index in [-0.39, 0.29) is 12.2 Å². The van der Waals surface area contributed by atoms with Gasteiger partial charge in [0.1, 0.15) is 11.6 Å². The maximum absolute atomic E-state index is 12.1. The van der Waals surface area contributed by atoms with E-state index in [2.05, 4.69) is 9.97 Å². The van der Waals surface area contributed by atoms with Crippen LogP contribution in [0, 0.1) is 0 Å². The molecule has 3 aromatic rings. The molecule has 0 spiro atoms. The predicted octanol–water partition coefficient (Wildman–Crippen LogP) is 3.33. The summed E-state index contributed by atoms with van der Waals surface area (Å²) < 4.78 is 17.4. The van der Waals surface area contributed by atoms with Gasteiger partial charge in [-0.2, -0.15) is 0 Å². The van der Waals surface area contributed by atoms with Gasteiger partial charge in [-0.3, -0.25) is 9.18 Å². The van der Waals surface area contributed by atoms with E-state index in [9.17, 15) is 9.18 Å². The molecule has 1 heterocycles. The third kappa shape index (κ3) is 2.98. The van der Waals surface area contributed by atoms with Crippen LogP contribution in [0.1, 0.15) is 6.42 Å². The Kier molecular flexibility index (Phi) is 4.14. The average Bonchev–Trinajstić information content (AvgIpc) is 2.56. The van der Waals surface area contributed by atoms with Crippen molar-refractivity contribution in [3.05, 3.63) is 58.9 Å². The van der Waals surface area contributed by atoms with Crippen LogP contribution in [0.4, 0.5) is 4.39 Å². The molecule has 2 aromatic carbocycles. The zero-order valence-electron chi connectivity index (χ0n) is 11.9. The molecule has 3 rings (SSSR count). The highest BCUT2D eigenvalue weighted by molar-refractivity contribution is 5.79. The number of halogens is 1. The zero-order chi connectivity index (χ0) is 15.4. The quantitative estimate of drug-likeness (QED) is 0.735. The standard InChI is InChI=1S/C17H15FN2O2/c18-10-3-11-22-13-8-6-12(7-9-13)16-19-15-5-2-1-4-14(15)17(21)20-16/h1-2,4-9H,3,10-11H2,(H,19,20,21). The van der Waals surface area contributed by atoms with Crippen molar-refractivity contribution in [2.45, 2.75) is 6.42 Å². The van der Waals surface area contributed by atoms with Crippen molar-refractivity contribution < 1.29 is 9.13 Å². The molecule has 4 nitrogen and oxygen atoms in total. The van der Waals surface area contributed by atoms with Gasteiger partial charge in [0.05, 0.1) is 24.2 Å². The Morgan fingerprint density at radius 2 is 1.86 bits per heavy atom. The number of fused-ring (bicyclic) bond motifs is 1. The molecule has 0 aliphatic heterocycles. The van der Waals surface area contributed by atoms with Gasteiger partial charge in [0.15, 0.2) is 0 Å². The zero-order valence-corrected chi connectivity index (χ0v) is 11.9. The summed E-state index contributed by atoms with van der Waals surface area (Å²) >= 11 is 0. The van der Waals surface area contributed by atoms with Crippen LogP contribution < -0.4 is 10.3 Å². The maximum Gasteiger partial charge on any atom is 0.259 e. The van der Waals surface area contributed by atoms with Gasteiger partial charge in [0, 0.05) is 12.0 Å². The molecule has 0 bridgehead atoms. The SMILES string of the molecule is O=c1[nH]c(-c2ccc(OCCCF)cc2)nc2ccccc12. The number of H-pyrrole nitrogens is 1. The minimum absolute atomic E-state index is 0.163. The van der Waals surface area contributed by atoms with Crippen LogP contribution in [0.2, 0.25) is 0 Å². The molecule has 0 aliphatic rings. The summed E-state index contributed by atoms with van der Waals surface area (Å²) in [5, 5.41) is 0.567. The molecule has 1 aromatic heterocycles. The summed E-state index contributed by atoms with van der Waals surface area (Å²) in [6.07, 6.45) is 0.376. The first-order valence-electron chi connectivity index (χ1n) is 7.06. The fraction of sp³-hybridized carbons (Fsp3) is 0.176. The first-order chi connectivity index (χ1) is 10.8. The maximum atomic E-state index is 12.1. The van der Waals surface area contributed by atoms with Crippen LogP contribution in [-0.2, 0) is 0 Å². The lowest BCUT2D eigenvalue weighted by molar-refractivity contribution is 0.289. The van der Waals surface area contributed by atoms with E-state index in [0.717, 1.165) is 5.56 Å². The summed E-state index contributed by atoms with van der Waals surface area (Å²) in [5.41, 5.74) is 1.29. The Morgan fingerprint density at radius 1 is 1.09 bits per heavy atom. The summed E-state index contributed by atoms with van der Waals surface area (Å²) in [4.78, 5) is 19.3. The highest BCUT2D eigenvalue weighted by Gasteiger charge is 2.05. The fourth-order valence-corrected chi connectivity index (χ4v) is 2.18. The topological polar surface area (TPSA) is 55.0 Å². The number of aromatic amines is 1. The van der Waals surface area contributed by atoms with Gasteiger partial charge >= 0.3 is 0 Å². The molecule has 5 heteroatoms. The van der Waals surface area contributed by atoms with Crippen molar-refractivity contribution in [2.24, 2.45) is 0 Å². The molecule has 0 amide bonds. The second-order valence-electron chi connectivity index (χ2n) is 4.85. The van der Waals surface area contributed by atoms with Gasteiger partial charge in [-0.25, -0.2) is 4.98 Å². The fourth-order valence-electron chi connectivity index (χ4n) is 2.18. The van der Waals surface area contributed by atoms with Crippen molar-refractivity contribution in [2.75, 3.05) is 13.3 Å². The molecule has 0 fully saturated rings. The Labute approximate surface area is 126 Å². The molecular weight excluding hydrogens is 283 g/mol. The van der Waals surface area contributed by atoms with Crippen molar-refractivity contribution in [3.63, 3.8) is 0 Å². The summed E-state index contributed by atoms with van der Waals surface area (Å²) in [7, 11) is 0. The lowest BCUT2D eigenvalue weighted by atomic mass is 10.2. The number of hydrogen-bond acceptors (Lipinski definition) is 3. The third-order valence-electron chi connectivity index (χ3n) is 3.29. The van der Waals surface area contributed by atoms with E-state index in [0.29, 0.717) is 35.5 Å². The van der Waals surface area contributed by atoms with Crippen molar-refractivity contribution in [1.82, 2.24) is 9.97 Å². The van der Waals surface area contributed by atoms with Crippen molar-refractivity contribution in [1.29, 1.82) is 0 Å². The molecular formula is C17H15FN2O2. The van der Waals surface area contributed by atoms with Gasteiger partial charge in [-0.1, -0.05) is 12.1 Å². The molecule has 0 aliphatic carbocycles. The molecule has 1 N–H and O–H groups in total. The van der Waals surface area contributed by atoms with Crippen LogP contribution in [-0.4, -0.2) is 23.2 Å². The summed E-state index contributed by atoms with van der Waals surface area (Å²) in [5.74, 6) is 1.18. The first kappa shape index (κ1) is 14.3. The molecule has 0 saturated carbocycles. The summed E-state index contributed by atoms with van der Waals surface area (Å²) in [6, 6.07) is 14.4. The van der Waals surface area contributed by atoms with Crippen LogP contribution in [0.5, 0.6) is 5.75 Å². The monoisotopic (exact) mass is 298 g/mol. The number of hydrogen-bond donors (Lipinski definition) is 1. The van der Waals surface area contributed by atoms with E-state index in [1.165, 1.54) is 0 Å². The number of nitrogens with one attached hydrogen (secondary N) is 1. The van der Waals surface area contributed by atoms with Crippen LogP contribution in [0.25, 0.3) is 22.3 Å². The Balaban J connectivity index is 1.89. The smallest absolute Gasteiger partial charge is 0.259 e. The number of benzene rings is 2. The number of ether oxygens (including phenoxy) is 1. The number of aromatic nitrogens is 2. The Bertz CT molecular complexity index is 828. The van der Waals surface area contributed by atoms with Crippen molar-refractivity contribution >= 4 is 10.9 Å². The third-order valence-corrected chi connectivity index (χ3v) is 3.29. The van der Waals surface area contributed by atoms with Gasteiger partial charge in [-0.05, 0) is 36.4 Å². The van der Waals surface area contributed by atoms with Crippen LogP contribution in [0.15, 0.2) is 53.3 Å². The average molecular weight is 298 g/mol. The number of nitrogens with zero attached hydrogens (tertiary/aromatic N) is 1. The van der Waals surface area contributed by atoms with Gasteiger partial charge in [0.2, 0.25) is 0 Å². The molecule has 112 valence electrons. The second kappa shape index (κ2) is 6.39. The van der Waals surface area contributed by atoms with E-state index in [4.69, 9.17) is 4.74 Å². The summed E-state index contributed by atoms with van der Waals surface area (Å²) in [6.45, 7) is -0.0404. The Morgan fingerprint density at radius 3 is 2.64 bits per heavy atom. The minimum atomic E-state index is -0.389. The normalized spacial score (nSPS) is 10.8. The second-order valence-corrected chi connectivity index (χ2v) is 4.85. The molecule has 22 heavy (non-hydrogen) atoms. The van der Waals surface area contributed by atoms with E-state index in [1.807, 2.05) is 30.3 Å².